The number of carboxylic acid groups (broad SMARTS) is 1. The van der Waals surface area contributed by atoms with Crippen LogP contribution in [0.15, 0.2) is 0 Å². The molecule has 0 rings (SSSR count). The van der Waals surface area contributed by atoms with Crippen molar-refractivity contribution in [2.24, 2.45) is 5.73 Å². The molecule has 0 aromatic carbocycles. The number of hydrogen-bond donors (Lipinski definition) is 3. The van der Waals surface area contributed by atoms with Gasteiger partial charge in [0.05, 0.1) is 5.97 Å². The summed E-state index contributed by atoms with van der Waals surface area (Å²) in [6.07, 6.45) is -1.34. The summed E-state index contributed by atoms with van der Waals surface area (Å²) in [6, 6.07) is -1.28. The molecule has 0 aliphatic heterocycles. The first kappa shape index (κ1) is 13.2. The number of rotatable bonds is 6. The predicted octanol–water partition coefficient (Wildman–Crippen LogP) is -2.41. The van der Waals surface area contributed by atoms with Crippen LogP contribution in [-0.2, 0) is 14.2 Å². The summed E-state index contributed by atoms with van der Waals surface area (Å²) in [5.74, 6) is -2.20. The summed E-state index contributed by atoms with van der Waals surface area (Å²) in [7, 11) is -4.36. The van der Waals surface area contributed by atoms with Crippen molar-refractivity contribution in [3.8, 4) is 0 Å². The molecule has 0 saturated carbocycles. The summed E-state index contributed by atoms with van der Waals surface area (Å²) >= 11 is 0. The Morgan fingerprint density at radius 3 is 2.29 bits per heavy atom. The number of carboxylic acids is 1. The zero-order valence-electron chi connectivity index (χ0n) is 7.25. The fraction of sp³-hybridized carbons (Fsp3) is 0.667. The number of carbonyl (C=O) groups is 2. The van der Waals surface area contributed by atoms with Gasteiger partial charge in [-0.1, -0.05) is 0 Å². The third kappa shape index (κ3) is 6.73. The van der Waals surface area contributed by atoms with Gasteiger partial charge in [-0.25, -0.2) is 0 Å². The van der Waals surface area contributed by atoms with E-state index in [1.807, 2.05) is 0 Å². The maximum absolute atomic E-state index is 10.8. The van der Waals surface area contributed by atoms with E-state index < -0.39 is 31.6 Å². The minimum absolute atomic E-state index is 0.179. The van der Waals surface area contributed by atoms with Crippen LogP contribution in [0.2, 0.25) is 0 Å². The van der Waals surface area contributed by atoms with E-state index in [2.05, 4.69) is 0 Å². The van der Waals surface area contributed by atoms with Crippen LogP contribution < -0.4 is 10.8 Å². The molecule has 0 radical (unpaired) electrons. The van der Waals surface area contributed by atoms with Crippen LogP contribution in [0, 0.1) is 0 Å². The highest BCUT2D eigenvalue weighted by atomic mass is 31.2. The van der Waals surface area contributed by atoms with Crippen molar-refractivity contribution in [2.45, 2.75) is 18.9 Å². The van der Waals surface area contributed by atoms with Gasteiger partial charge in [0.1, 0.15) is 11.9 Å². The summed E-state index contributed by atoms with van der Waals surface area (Å²) in [6.45, 7) is 0. The molecule has 0 spiro atoms. The Kier molecular flexibility index (Phi) is 4.93. The number of carbonyl (C=O) groups excluding carboxylic acids is 2. The molecule has 0 heterocycles. The van der Waals surface area contributed by atoms with Crippen LogP contribution in [0.1, 0.15) is 12.8 Å². The van der Waals surface area contributed by atoms with E-state index in [1.165, 1.54) is 0 Å². The van der Waals surface area contributed by atoms with E-state index >= 15 is 0 Å². The molecule has 0 aromatic rings. The van der Waals surface area contributed by atoms with Crippen LogP contribution in [-0.4, -0.2) is 33.7 Å². The quantitative estimate of drug-likeness (QED) is 0.426. The zero-order chi connectivity index (χ0) is 11.4. The van der Waals surface area contributed by atoms with E-state index in [-0.39, 0.29) is 12.8 Å². The molecular weight excluding hydrogens is 213 g/mol. The predicted molar refractivity (Wildman–Crippen MR) is 44.1 cm³/mol. The molecular formula is C6H11NO6P-. The van der Waals surface area contributed by atoms with Crippen LogP contribution >= 0.6 is 7.60 Å². The molecule has 0 bridgehead atoms. The molecule has 8 heteroatoms. The summed E-state index contributed by atoms with van der Waals surface area (Å²) in [5.41, 5.74) is 5.02. The normalized spacial score (nSPS) is 13.6. The molecule has 0 aliphatic carbocycles. The minimum Gasteiger partial charge on any atom is -0.548 e. The lowest BCUT2D eigenvalue weighted by atomic mass is 10.1. The molecule has 0 aromatic heterocycles. The Morgan fingerprint density at radius 1 is 1.43 bits per heavy atom. The Bertz CT molecular complexity index is 271. The summed E-state index contributed by atoms with van der Waals surface area (Å²) in [5, 5.41) is 10.1. The van der Waals surface area contributed by atoms with Gasteiger partial charge in [0.15, 0.2) is 0 Å². The number of Topliss-reactive ketones (excluding diaryl/α,β-unsaturated/α-hetero) is 1. The highest BCUT2D eigenvalue weighted by molar-refractivity contribution is 7.52. The molecule has 82 valence electrons. The van der Waals surface area contributed by atoms with Crippen LogP contribution in [0.3, 0.4) is 0 Å². The lowest BCUT2D eigenvalue weighted by molar-refractivity contribution is -0.307. The van der Waals surface area contributed by atoms with Gasteiger partial charge in [-0.15, -0.1) is 0 Å². The number of ketones is 1. The van der Waals surface area contributed by atoms with Gasteiger partial charge in [0.25, 0.3) is 0 Å². The first-order valence-electron chi connectivity index (χ1n) is 3.75. The molecule has 4 N–H and O–H groups in total. The maximum Gasteiger partial charge on any atom is 0.332 e. The zero-order valence-corrected chi connectivity index (χ0v) is 8.15. The highest BCUT2D eigenvalue weighted by Gasteiger charge is 2.19. The van der Waals surface area contributed by atoms with Crippen molar-refractivity contribution in [3.63, 3.8) is 0 Å². The van der Waals surface area contributed by atoms with Crippen LogP contribution in [0.5, 0.6) is 0 Å². The fourth-order valence-electron chi connectivity index (χ4n) is 0.743. The van der Waals surface area contributed by atoms with Gasteiger partial charge in [-0.3, -0.25) is 9.36 Å². The van der Waals surface area contributed by atoms with Gasteiger partial charge < -0.3 is 25.4 Å². The third-order valence-electron chi connectivity index (χ3n) is 1.42. The Morgan fingerprint density at radius 2 is 1.93 bits per heavy atom. The lowest BCUT2D eigenvalue weighted by Crippen LogP contribution is -2.42. The van der Waals surface area contributed by atoms with Gasteiger partial charge >= 0.3 is 7.60 Å². The van der Waals surface area contributed by atoms with Gasteiger partial charge in [0.2, 0.25) is 0 Å². The van der Waals surface area contributed by atoms with E-state index in [4.69, 9.17) is 15.5 Å². The van der Waals surface area contributed by atoms with Crippen molar-refractivity contribution in [2.75, 3.05) is 6.16 Å². The topological polar surface area (TPSA) is 141 Å². The van der Waals surface area contributed by atoms with Crippen LogP contribution in [0.4, 0.5) is 0 Å². The first-order chi connectivity index (χ1) is 6.22. The number of nitrogens with two attached hydrogens (primary N) is 1. The summed E-state index contributed by atoms with van der Waals surface area (Å²) in [4.78, 5) is 37.7. The fourth-order valence-corrected chi connectivity index (χ4v) is 1.36. The molecule has 7 nitrogen and oxygen atoms in total. The van der Waals surface area contributed by atoms with Crippen molar-refractivity contribution >= 4 is 19.3 Å². The van der Waals surface area contributed by atoms with E-state index in [0.29, 0.717) is 0 Å². The molecule has 0 amide bonds. The smallest absolute Gasteiger partial charge is 0.332 e. The first-order valence-corrected chi connectivity index (χ1v) is 5.55. The molecule has 0 aliphatic rings. The second kappa shape index (κ2) is 5.21. The second-order valence-electron chi connectivity index (χ2n) is 2.83. The van der Waals surface area contributed by atoms with Crippen molar-refractivity contribution in [1.29, 1.82) is 0 Å². The van der Waals surface area contributed by atoms with Gasteiger partial charge in [-0.05, 0) is 6.42 Å². The standard InChI is InChI=1S/C6H12NO6P/c7-5(6(9)10)2-1-4(8)3-14(11,12)13/h5H,1-3,7H2,(H,9,10)(H2,11,12,13)/p-1. The van der Waals surface area contributed by atoms with Crippen molar-refractivity contribution in [3.05, 3.63) is 0 Å². The molecule has 0 fully saturated rings. The Balaban J connectivity index is 3.87. The third-order valence-corrected chi connectivity index (χ3v) is 2.18. The maximum atomic E-state index is 10.8. The molecule has 0 saturated heterocycles. The average molecular weight is 224 g/mol. The SMILES string of the molecule is NC(CCC(=O)CP(=O)(O)O)C(=O)[O-]. The second-order valence-corrected chi connectivity index (χ2v) is 4.47. The van der Waals surface area contributed by atoms with E-state index in [1.54, 1.807) is 0 Å². The van der Waals surface area contributed by atoms with E-state index in [0.717, 1.165) is 0 Å². The number of hydrogen-bond acceptors (Lipinski definition) is 5. The van der Waals surface area contributed by atoms with Crippen molar-refractivity contribution in [1.82, 2.24) is 0 Å². The lowest BCUT2D eigenvalue weighted by Gasteiger charge is -2.11. The molecule has 1 atom stereocenters. The Hall–Kier alpha value is -0.750. The van der Waals surface area contributed by atoms with Gasteiger partial charge in [-0.2, -0.15) is 0 Å². The Labute approximate surface area is 80.1 Å². The minimum atomic E-state index is -4.36. The highest BCUT2D eigenvalue weighted by Crippen LogP contribution is 2.34. The molecule has 1 unspecified atom stereocenters. The van der Waals surface area contributed by atoms with E-state index in [9.17, 15) is 19.3 Å². The van der Waals surface area contributed by atoms with Crippen LogP contribution in [0.25, 0.3) is 0 Å². The molecule has 14 heavy (non-hydrogen) atoms. The monoisotopic (exact) mass is 224 g/mol. The summed E-state index contributed by atoms with van der Waals surface area (Å²) < 4.78 is 10.3. The average Bonchev–Trinajstić information content (AvgIpc) is 1.96. The number of aliphatic carboxylic acids is 1. The largest absolute Gasteiger partial charge is 0.548 e. The van der Waals surface area contributed by atoms with Crippen molar-refractivity contribution < 1.29 is 29.0 Å². The van der Waals surface area contributed by atoms with Gasteiger partial charge in [0, 0.05) is 12.5 Å².